The van der Waals surface area contributed by atoms with Crippen LogP contribution in [-0.4, -0.2) is 35.7 Å². The molecule has 0 aliphatic carbocycles. The fraction of sp³-hybridized carbons (Fsp3) is 0.846. The summed E-state index contributed by atoms with van der Waals surface area (Å²) >= 11 is 0. The van der Waals surface area contributed by atoms with Crippen molar-refractivity contribution >= 4 is 11.9 Å². The highest BCUT2D eigenvalue weighted by Gasteiger charge is 2.44. The Hall–Kier alpha value is -1.10. The number of carboxylic acid groups (broad SMARTS) is 1. The number of nitrogens with one attached hydrogen (secondary N) is 1. The molecule has 0 saturated carbocycles. The molecular weight excluding hydrogens is 234 g/mol. The van der Waals surface area contributed by atoms with Gasteiger partial charge in [0.2, 0.25) is 5.91 Å². The van der Waals surface area contributed by atoms with E-state index in [9.17, 15) is 9.59 Å². The van der Waals surface area contributed by atoms with E-state index in [0.29, 0.717) is 13.2 Å². The molecule has 106 valence electrons. The van der Waals surface area contributed by atoms with Crippen molar-refractivity contribution in [3.63, 3.8) is 0 Å². The maximum absolute atomic E-state index is 11.7. The Morgan fingerprint density at radius 1 is 1.17 bits per heavy atom. The lowest BCUT2D eigenvalue weighted by molar-refractivity contribution is -0.151. The average molecular weight is 259 g/mol. The molecule has 0 aliphatic rings. The molecule has 0 saturated heterocycles. The zero-order valence-corrected chi connectivity index (χ0v) is 12.0. The molecule has 2 N–H and O–H groups in total. The third-order valence-corrected chi connectivity index (χ3v) is 3.37. The summed E-state index contributed by atoms with van der Waals surface area (Å²) in [5, 5.41) is 11.9. The molecule has 0 aromatic rings. The highest BCUT2D eigenvalue weighted by molar-refractivity contribution is 5.80. The molecule has 1 amide bonds. The van der Waals surface area contributed by atoms with Crippen LogP contribution in [0.1, 0.15) is 47.5 Å². The molecular formula is C13H25NO4. The summed E-state index contributed by atoms with van der Waals surface area (Å²) < 4.78 is 5.22. The van der Waals surface area contributed by atoms with E-state index >= 15 is 0 Å². The van der Waals surface area contributed by atoms with Crippen LogP contribution in [0.2, 0.25) is 0 Å². The second-order valence-corrected chi connectivity index (χ2v) is 5.47. The first-order valence-electron chi connectivity index (χ1n) is 6.27. The number of hydrogen-bond donors (Lipinski definition) is 2. The first kappa shape index (κ1) is 16.9. The molecule has 5 heteroatoms. The Kier molecular flexibility index (Phi) is 6.32. The highest BCUT2D eigenvalue weighted by Crippen LogP contribution is 2.30. The zero-order chi connectivity index (χ0) is 14.4. The molecule has 0 rings (SSSR count). The van der Waals surface area contributed by atoms with Gasteiger partial charge in [-0.1, -0.05) is 6.92 Å². The maximum atomic E-state index is 11.7. The van der Waals surface area contributed by atoms with Gasteiger partial charge in [0.15, 0.2) is 0 Å². The van der Waals surface area contributed by atoms with Crippen LogP contribution in [0.4, 0.5) is 0 Å². The Morgan fingerprint density at radius 3 is 2.17 bits per heavy atom. The van der Waals surface area contributed by atoms with E-state index in [-0.39, 0.29) is 12.3 Å². The minimum absolute atomic E-state index is 0.189. The van der Waals surface area contributed by atoms with Crippen LogP contribution in [0.5, 0.6) is 0 Å². The predicted octanol–water partition coefficient (Wildman–Crippen LogP) is 1.81. The molecule has 0 radical (unpaired) electrons. The summed E-state index contributed by atoms with van der Waals surface area (Å²) in [5.74, 6) is -1.12. The molecule has 18 heavy (non-hydrogen) atoms. The molecule has 5 nitrogen and oxygen atoms in total. The van der Waals surface area contributed by atoms with Crippen LogP contribution in [0, 0.1) is 5.41 Å². The van der Waals surface area contributed by atoms with Crippen molar-refractivity contribution in [1.82, 2.24) is 5.32 Å². The van der Waals surface area contributed by atoms with Crippen molar-refractivity contribution in [3.05, 3.63) is 0 Å². The monoisotopic (exact) mass is 259 g/mol. The third-order valence-electron chi connectivity index (χ3n) is 3.37. The summed E-state index contributed by atoms with van der Waals surface area (Å²) in [6.07, 6.45) is 1.16. The number of carbonyl (C=O) groups excluding carboxylic acids is 1. The van der Waals surface area contributed by atoms with E-state index < -0.39 is 16.9 Å². The first-order valence-corrected chi connectivity index (χ1v) is 6.27. The van der Waals surface area contributed by atoms with Crippen molar-refractivity contribution in [3.8, 4) is 0 Å². The van der Waals surface area contributed by atoms with Crippen LogP contribution in [0.15, 0.2) is 0 Å². The van der Waals surface area contributed by atoms with E-state index in [1.807, 2.05) is 6.92 Å². The lowest BCUT2D eigenvalue weighted by atomic mass is 9.74. The Bertz CT molecular complexity index is 297. The molecule has 0 spiro atoms. The van der Waals surface area contributed by atoms with Gasteiger partial charge < -0.3 is 15.2 Å². The largest absolute Gasteiger partial charge is 0.481 e. The Morgan fingerprint density at radius 2 is 1.72 bits per heavy atom. The normalized spacial score (nSPS) is 12.3. The van der Waals surface area contributed by atoms with Gasteiger partial charge in [-0.15, -0.1) is 0 Å². The molecule has 0 unspecified atom stereocenters. The summed E-state index contributed by atoms with van der Waals surface area (Å²) in [5.41, 5.74) is -1.85. The number of ether oxygens (including phenoxy) is 1. The van der Waals surface area contributed by atoms with Crippen molar-refractivity contribution in [1.29, 1.82) is 0 Å². The van der Waals surface area contributed by atoms with Gasteiger partial charge in [0.1, 0.15) is 0 Å². The Balaban J connectivity index is 4.32. The molecule has 0 aromatic heterocycles. The zero-order valence-electron chi connectivity index (χ0n) is 12.0. The van der Waals surface area contributed by atoms with Crippen LogP contribution in [0.25, 0.3) is 0 Å². The van der Waals surface area contributed by atoms with Gasteiger partial charge in [-0.25, -0.2) is 0 Å². The van der Waals surface area contributed by atoms with E-state index in [4.69, 9.17) is 9.84 Å². The van der Waals surface area contributed by atoms with Crippen molar-refractivity contribution in [2.75, 3.05) is 13.2 Å². The number of carbonyl (C=O) groups is 2. The van der Waals surface area contributed by atoms with Crippen molar-refractivity contribution in [2.24, 2.45) is 5.41 Å². The van der Waals surface area contributed by atoms with Gasteiger partial charge in [0, 0.05) is 18.6 Å². The summed E-state index contributed by atoms with van der Waals surface area (Å²) in [6, 6.07) is 0. The quantitative estimate of drug-likeness (QED) is 0.652. The molecule has 0 aliphatic heterocycles. The topological polar surface area (TPSA) is 75.6 Å². The minimum atomic E-state index is -1.03. The number of hydrogen-bond acceptors (Lipinski definition) is 3. The average Bonchev–Trinajstić information content (AvgIpc) is 2.23. The lowest BCUT2D eigenvalue weighted by Crippen LogP contribution is -2.57. The standard InChI is InChI=1S/C13H25NO4/c1-6-8-18-9-7-10(15)14-13(4,5)12(2,3)11(16)17/h6-9H2,1-5H3,(H,14,15)(H,16,17). The molecule has 0 aromatic carbocycles. The van der Waals surface area contributed by atoms with Crippen LogP contribution >= 0.6 is 0 Å². The number of rotatable bonds is 8. The van der Waals surface area contributed by atoms with Gasteiger partial charge in [-0.05, 0) is 34.1 Å². The van der Waals surface area contributed by atoms with Crippen LogP contribution < -0.4 is 5.32 Å². The number of carboxylic acids is 1. The third kappa shape index (κ3) is 4.64. The van der Waals surface area contributed by atoms with E-state index in [1.54, 1.807) is 27.7 Å². The van der Waals surface area contributed by atoms with E-state index in [0.717, 1.165) is 6.42 Å². The van der Waals surface area contributed by atoms with Gasteiger partial charge in [0.25, 0.3) is 0 Å². The van der Waals surface area contributed by atoms with E-state index in [1.165, 1.54) is 0 Å². The smallest absolute Gasteiger partial charge is 0.311 e. The van der Waals surface area contributed by atoms with Crippen LogP contribution in [-0.2, 0) is 14.3 Å². The lowest BCUT2D eigenvalue weighted by Gasteiger charge is -2.38. The first-order chi connectivity index (χ1) is 8.15. The van der Waals surface area contributed by atoms with Crippen molar-refractivity contribution < 1.29 is 19.4 Å². The van der Waals surface area contributed by atoms with Crippen molar-refractivity contribution in [2.45, 2.75) is 53.0 Å². The van der Waals surface area contributed by atoms with Gasteiger partial charge in [-0.2, -0.15) is 0 Å². The predicted molar refractivity (Wildman–Crippen MR) is 69.4 cm³/mol. The Labute approximate surface area is 109 Å². The number of aliphatic carboxylic acids is 1. The minimum Gasteiger partial charge on any atom is -0.481 e. The van der Waals surface area contributed by atoms with Gasteiger partial charge in [-0.3, -0.25) is 9.59 Å². The van der Waals surface area contributed by atoms with E-state index in [2.05, 4.69) is 5.32 Å². The molecule has 0 bridgehead atoms. The molecule has 0 heterocycles. The fourth-order valence-corrected chi connectivity index (χ4v) is 1.25. The highest BCUT2D eigenvalue weighted by atomic mass is 16.5. The fourth-order valence-electron chi connectivity index (χ4n) is 1.25. The SMILES string of the molecule is CCCOCCC(=O)NC(C)(C)C(C)(C)C(=O)O. The van der Waals surface area contributed by atoms with Gasteiger partial charge >= 0.3 is 5.97 Å². The second kappa shape index (κ2) is 6.73. The van der Waals surface area contributed by atoms with Gasteiger partial charge in [0.05, 0.1) is 12.0 Å². The number of amides is 1. The summed E-state index contributed by atoms with van der Waals surface area (Å²) in [6.45, 7) is 9.63. The summed E-state index contributed by atoms with van der Waals surface area (Å²) in [7, 11) is 0. The molecule has 0 fully saturated rings. The summed E-state index contributed by atoms with van der Waals surface area (Å²) in [4.78, 5) is 22.9. The van der Waals surface area contributed by atoms with Crippen LogP contribution in [0.3, 0.4) is 0 Å². The maximum Gasteiger partial charge on any atom is 0.311 e. The second-order valence-electron chi connectivity index (χ2n) is 5.47. The molecule has 0 atom stereocenters.